The van der Waals surface area contributed by atoms with Gasteiger partial charge in [-0.05, 0) is 31.0 Å². The first kappa shape index (κ1) is 20.8. The van der Waals surface area contributed by atoms with Crippen molar-refractivity contribution in [2.24, 2.45) is 5.92 Å². The van der Waals surface area contributed by atoms with E-state index in [2.05, 4.69) is 5.32 Å². The Hall–Kier alpha value is -2.53. The summed E-state index contributed by atoms with van der Waals surface area (Å²) in [5, 5.41) is 3.05. The van der Waals surface area contributed by atoms with Crippen LogP contribution in [0.15, 0.2) is 48.5 Å². The van der Waals surface area contributed by atoms with Crippen LogP contribution in [0.5, 0.6) is 5.75 Å². The van der Waals surface area contributed by atoms with Crippen LogP contribution in [-0.2, 0) is 16.1 Å². The minimum absolute atomic E-state index is 0.0696. The van der Waals surface area contributed by atoms with Crippen LogP contribution in [0.25, 0.3) is 0 Å². The second-order valence-electron chi connectivity index (χ2n) is 6.32. The van der Waals surface area contributed by atoms with Crippen molar-refractivity contribution in [1.29, 1.82) is 0 Å². The third-order valence-corrected chi connectivity index (χ3v) is 4.30. The number of amides is 1. The minimum atomic E-state index is -0.784. The highest BCUT2D eigenvalue weighted by Crippen LogP contribution is 2.20. The lowest BCUT2D eigenvalue weighted by molar-refractivity contribution is -0.148. The van der Waals surface area contributed by atoms with Gasteiger partial charge < -0.3 is 14.8 Å². The van der Waals surface area contributed by atoms with Gasteiger partial charge in [0.1, 0.15) is 18.4 Å². The van der Waals surface area contributed by atoms with Crippen LogP contribution in [0, 0.1) is 5.92 Å². The van der Waals surface area contributed by atoms with Gasteiger partial charge in [0.15, 0.2) is 0 Å². The molecule has 1 atom stereocenters. The van der Waals surface area contributed by atoms with Crippen LogP contribution in [0.4, 0.5) is 0 Å². The van der Waals surface area contributed by atoms with Crippen LogP contribution in [0.2, 0.25) is 5.02 Å². The fourth-order valence-electron chi connectivity index (χ4n) is 2.52. The standard InChI is InChI=1S/C21H24ClNO4/c1-4-26-18-12-8-5-9-15(18)13-27-21(25)19(14(2)3)23-20(24)16-10-6-7-11-17(16)22/h5-12,14,19H,4,13H2,1-3H3,(H,23,24). The molecular formula is C21H24ClNO4. The molecule has 0 radical (unpaired) electrons. The summed E-state index contributed by atoms with van der Waals surface area (Å²) < 4.78 is 11.0. The SMILES string of the molecule is CCOc1ccccc1COC(=O)C(NC(=O)c1ccccc1Cl)C(C)C. The zero-order valence-corrected chi connectivity index (χ0v) is 16.5. The summed E-state index contributed by atoms with van der Waals surface area (Å²) >= 11 is 6.06. The van der Waals surface area contributed by atoms with Crippen molar-refractivity contribution in [1.82, 2.24) is 5.32 Å². The number of carbonyl (C=O) groups excluding carboxylic acids is 2. The minimum Gasteiger partial charge on any atom is -0.493 e. The monoisotopic (exact) mass is 389 g/mol. The van der Waals surface area contributed by atoms with Crippen LogP contribution in [0.3, 0.4) is 0 Å². The average molecular weight is 390 g/mol. The molecular weight excluding hydrogens is 366 g/mol. The molecule has 144 valence electrons. The lowest BCUT2D eigenvalue weighted by atomic mass is 10.0. The summed E-state index contributed by atoms with van der Waals surface area (Å²) in [6.07, 6.45) is 0. The van der Waals surface area contributed by atoms with Crippen molar-refractivity contribution >= 4 is 23.5 Å². The van der Waals surface area contributed by atoms with Gasteiger partial charge in [0.05, 0.1) is 17.2 Å². The lowest BCUT2D eigenvalue weighted by Gasteiger charge is -2.21. The molecule has 2 aromatic carbocycles. The Balaban J connectivity index is 2.05. The molecule has 6 heteroatoms. The number of hydrogen-bond acceptors (Lipinski definition) is 4. The van der Waals surface area contributed by atoms with Gasteiger partial charge in [-0.3, -0.25) is 4.79 Å². The maximum absolute atomic E-state index is 12.6. The van der Waals surface area contributed by atoms with Gasteiger partial charge in [-0.1, -0.05) is 55.8 Å². The normalized spacial score (nSPS) is 11.7. The highest BCUT2D eigenvalue weighted by Gasteiger charge is 2.27. The molecule has 0 saturated carbocycles. The van der Waals surface area contributed by atoms with E-state index in [0.717, 1.165) is 5.56 Å². The fourth-order valence-corrected chi connectivity index (χ4v) is 2.74. The number of ether oxygens (including phenoxy) is 2. The van der Waals surface area contributed by atoms with E-state index >= 15 is 0 Å². The Morgan fingerprint density at radius 2 is 1.74 bits per heavy atom. The molecule has 0 aromatic heterocycles. The smallest absolute Gasteiger partial charge is 0.329 e. The molecule has 0 spiro atoms. The number of carbonyl (C=O) groups is 2. The maximum atomic E-state index is 12.6. The van der Waals surface area contributed by atoms with E-state index in [1.54, 1.807) is 24.3 Å². The van der Waals surface area contributed by atoms with Crippen molar-refractivity contribution in [3.05, 3.63) is 64.7 Å². The molecule has 1 N–H and O–H groups in total. The molecule has 0 heterocycles. The molecule has 0 aliphatic rings. The van der Waals surface area contributed by atoms with E-state index in [4.69, 9.17) is 21.1 Å². The number of para-hydroxylation sites is 1. The van der Waals surface area contributed by atoms with Crippen molar-refractivity contribution in [2.75, 3.05) is 6.61 Å². The van der Waals surface area contributed by atoms with Crippen molar-refractivity contribution in [3.63, 3.8) is 0 Å². The Bertz CT molecular complexity index is 791. The summed E-state index contributed by atoms with van der Waals surface area (Å²) in [6.45, 7) is 6.16. The number of rotatable bonds is 8. The summed E-state index contributed by atoms with van der Waals surface area (Å²) in [5.74, 6) is -0.386. The number of halogens is 1. The fraction of sp³-hybridized carbons (Fsp3) is 0.333. The second-order valence-corrected chi connectivity index (χ2v) is 6.73. The first-order valence-electron chi connectivity index (χ1n) is 8.86. The quantitative estimate of drug-likeness (QED) is 0.686. The molecule has 5 nitrogen and oxygen atoms in total. The topological polar surface area (TPSA) is 64.6 Å². The Kier molecular flexibility index (Phi) is 7.67. The number of esters is 1. The van der Waals surface area contributed by atoms with Crippen LogP contribution in [-0.4, -0.2) is 24.5 Å². The van der Waals surface area contributed by atoms with E-state index in [0.29, 0.717) is 22.9 Å². The Morgan fingerprint density at radius 3 is 2.41 bits per heavy atom. The summed E-state index contributed by atoms with van der Waals surface area (Å²) in [7, 11) is 0. The van der Waals surface area contributed by atoms with Gasteiger partial charge >= 0.3 is 5.97 Å². The van der Waals surface area contributed by atoms with Crippen LogP contribution < -0.4 is 10.1 Å². The van der Waals surface area contributed by atoms with E-state index in [9.17, 15) is 9.59 Å². The summed E-state index contributed by atoms with van der Waals surface area (Å²) in [4.78, 5) is 25.0. The van der Waals surface area contributed by atoms with E-state index in [1.165, 1.54) is 0 Å². The van der Waals surface area contributed by atoms with Crippen molar-refractivity contribution in [2.45, 2.75) is 33.4 Å². The van der Waals surface area contributed by atoms with E-state index < -0.39 is 17.9 Å². The van der Waals surface area contributed by atoms with E-state index in [1.807, 2.05) is 45.0 Å². The lowest BCUT2D eigenvalue weighted by Crippen LogP contribution is -2.45. The summed E-state index contributed by atoms with van der Waals surface area (Å²) in [6, 6.07) is 13.3. The highest BCUT2D eigenvalue weighted by molar-refractivity contribution is 6.33. The predicted molar refractivity (Wildman–Crippen MR) is 105 cm³/mol. The highest BCUT2D eigenvalue weighted by atomic mass is 35.5. The van der Waals surface area contributed by atoms with Gasteiger partial charge in [-0.25, -0.2) is 4.79 Å². The van der Waals surface area contributed by atoms with Gasteiger partial charge in [0.2, 0.25) is 0 Å². The third-order valence-electron chi connectivity index (χ3n) is 3.97. The number of nitrogens with one attached hydrogen (secondary N) is 1. The molecule has 0 aliphatic heterocycles. The molecule has 0 saturated heterocycles. The molecule has 1 amide bonds. The number of benzene rings is 2. The van der Waals surface area contributed by atoms with Gasteiger partial charge in [0, 0.05) is 5.56 Å². The first-order chi connectivity index (χ1) is 12.9. The average Bonchev–Trinajstić information content (AvgIpc) is 2.65. The Labute approximate surface area is 164 Å². The largest absolute Gasteiger partial charge is 0.493 e. The molecule has 27 heavy (non-hydrogen) atoms. The zero-order valence-electron chi connectivity index (χ0n) is 15.7. The Morgan fingerprint density at radius 1 is 1.07 bits per heavy atom. The van der Waals surface area contributed by atoms with Crippen molar-refractivity contribution < 1.29 is 19.1 Å². The third kappa shape index (κ3) is 5.73. The summed E-state index contributed by atoms with van der Waals surface area (Å²) in [5.41, 5.74) is 1.09. The zero-order chi connectivity index (χ0) is 19.8. The van der Waals surface area contributed by atoms with Crippen molar-refractivity contribution in [3.8, 4) is 5.75 Å². The first-order valence-corrected chi connectivity index (χ1v) is 9.24. The van der Waals surface area contributed by atoms with Crippen LogP contribution >= 0.6 is 11.6 Å². The molecule has 0 fully saturated rings. The molecule has 2 aromatic rings. The predicted octanol–water partition coefficient (Wildman–Crippen LogP) is 4.24. The molecule has 2 rings (SSSR count). The number of hydrogen-bond donors (Lipinski definition) is 1. The van der Waals surface area contributed by atoms with Gasteiger partial charge in [-0.2, -0.15) is 0 Å². The van der Waals surface area contributed by atoms with Crippen LogP contribution in [0.1, 0.15) is 36.7 Å². The molecule has 0 bridgehead atoms. The molecule has 0 aliphatic carbocycles. The van der Waals surface area contributed by atoms with Gasteiger partial charge in [0.25, 0.3) is 5.91 Å². The molecule has 1 unspecified atom stereocenters. The second kappa shape index (κ2) is 9.97. The van der Waals surface area contributed by atoms with Gasteiger partial charge in [-0.15, -0.1) is 0 Å². The maximum Gasteiger partial charge on any atom is 0.329 e. The van der Waals surface area contributed by atoms with E-state index in [-0.39, 0.29) is 12.5 Å².